The minimum absolute atomic E-state index is 0.210. The molecule has 4 aromatic carbocycles. The number of nitrogens with one attached hydrogen (secondary N) is 1. The molecule has 6 heteroatoms. The minimum atomic E-state index is -0.575. The molecule has 0 spiro atoms. The van der Waals surface area contributed by atoms with Crippen LogP contribution in [0.2, 0.25) is 5.02 Å². The summed E-state index contributed by atoms with van der Waals surface area (Å²) >= 11 is 6.13. The van der Waals surface area contributed by atoms with Crippen LogP contribution in [-0.2, 0) is 11.2 Å². The zero-order valence-electron chi connectivity index (χ0n) is 17.0. The maximum absolute atomic E-state index is 12.7. The number of hydrazone groups is 1. The summed E-state index contributed by atoms with van der Waals surface area (Å²) in [6, 6.07) is 27.3. The van der Waals surface area contributed by atoms with Gasteiger partial charge in [0.15, 0.2) is 0 Å². The number of carbonyl (C=O) groups excluding carboxylic acids is 2. The molecule has 1 N–H and O–H groups in total. The average molecular weight is 443 g/mol. The second kappa shape index (κ2) is 9.90. The first-order valence-corrected chi connectivity index (χ1v) is 10.3. The number of halogens is 1. The molecule has 0 aromatic heterocycles. The van der Waals surface area contributed by atoms with E-state index in [2.05, 4.69) is 10.5 Å². The number of hydrogen-bond donors (Lipinski definition) is 1. The lowest BCUT2D eigenvalue weighted by atomic mass is 10.0. The molecule has 0 heterocycles. The normalized spacial score (nSPS) is 10.9. The Hall–Kier alpha value is -3.96. The summed E-state index contributed by atoms with van der Waals surface area (Å²) in [6.07, 6.45) is 1.70. The Balaban J connectivity index is 1.59. The fourth-order valence-corrected chi connectivity index (χ4v) is 3.48. The Morgan fingerprint density at radius 3 is 2.41 bits per heavy atom. The highest BCUT2D eigenvalue weighted by molar-refractivity contribution is 6.33. The Morgan fingerprint density at radius 2 is 1.59 bits per heavy atom. The molecular formula is C26H19ClN2O3. The van der Waals surface area contributed by atoms with Gasteiger partial charge in [-0.1, -0.05) is 84.4 Å². The second-order valence-corrected chi connectivity index (χ2v) is 7.43. The van der Waals surface area contributed by atoms with Gasteiger partial charge in [0.25, 0.3) is 0 Å². The largest absolute Gasteiger partial charge is 0.422 e. The van der Waals surface area contributed by atoms with Crippen molar-refractivity contribution in [1.82, 2.24) is 5.43 Å². The van der Waals surface area contributed by atoms with Crippen LogP contribution in [0, 0.1) is 0 Å². The van der Waals surface area contributed by atoms with Crippen LogP contribution in [0.1, 0.15) is 21.5 Å². The number of amides is 1. The van der Waals surface area contributed by atoms with E-state index in [1.165, 1.54) is 6.21 Å². The first-order valence-electron chi connectivity index (χ1n) is 9.96. The van der Waals surface area contributed by atoms with E-state index >= 15 is 0 Å². The van der Waals surface area contributed by atoms with Gasteiger partial charge >= 0.3 is 5.97 Å². The first kappa shape index (κ1) is 21.3. The Labute approximate surface area is 190 Å². The van der Waals surface area contributed by atoms with Gasteiger partial charge in [0.2, 0.25) is 5.91 Å². The lowest BCUT2D eigenvalue weighted by Crippen LogP contribution is -2.19. The van der Waals surface area contributed by atoms with Crippen LogP contribution in [0.3, 0.4) is 0 Å². The molecule has 0 saturated heterocycles. The Morgan fingerprint density at radius 1 is 0.875 bits per heavy atom. The highest BCUT2D eigenvalue weighted by Crippen LogP contribution is 2.28. The van der Waals surface area contributed by atoms with Gasteiger partial charge in [-0.25, -0.2) is 10.2 Å². The lowest BCUT2D eigenvalue weighted by Gasteiger charge is -2.11. The van der Waals surface area contributed by atoms with Gasteiger partial charge in [0.05, 0.1) is 23.2 Å². The van der Waals surface area contributed by atoms with Crippen molar-refractivity contribution >= 4 is 40.5 Å². The Kier molecular flexibility index (Phi) is 6.58. The molecular weight excluding hydrogens is 424 g/mol. The van der Waals surface area contributed by atoms with Gasteiger partial charge < -0.3 is 4.74 Å². The van der Waals surface area contributed by atoms with Gasteiger partial charge in [0, 0.05) is 5.56 Å². The molecule has 158 valence electrons. The van der Waals surface area contributed by atoms with Gasteiger partial charge in [-0.3, -0.25) is 4.79 Å². The SMILES string of the molecule is O=C(Cc1ccccc1)NN=Cc1c(OC(=O)c2ccccc2Cl)ccc2ccccc12. The van der Waals surface area contributed by atoms with Crippen molar-refractivity contribution in [2.24, 2.45) is 5.10 Å². The van der Waals surface area contributed by atoms with Gasteiger partial charge in [-0.2, -0.15) is 5.10 Å². The third kappa shape index (κ3) is 5.02. The number of esters is 1. The highest BCUT2D eigenvalue weighted by Gasteiger charge is 2.15. The zero-order valence-corrected chi connectivity index (χ0v) is 17.8. The molecule has 5 nitrogen and oxygen atoms in total. The number of nitrogens with zero attached hydrogens (tertiary/aromatic N) is 1. The predicted octanol–water partition coefficient (Wildman–Crippen LogP) is 5.41. The maximum atomic E-state index is 12.7. The average Bonchev–Trinajstić information content (AvgIpc) is 2.81. The summed E-state index contributed by atoms with van der Waals surface area (Å²) in [5.74, 6) is -0.509. The monoisotopic (exact) mass is 442 g/mol. The number of ether oxygens (including phenoxy) is 1. The van der Waals surface area contributed by atoms with Crippen LogP contribution < -0.4 is 10.2 Å². The van der Waals surface area contributed by atoms with Crippen LogP contribution in [0.4, 0.5) is 0 Å². The summed E-state index contributed by atoms with van der Waals surface area (Å²) < 4.78 is 5.65. The minimum Gasteiger partial charge on any atom is -0.422 e. The predicted molar refractivity (Wildman–Crippen MR) is 126 cm³/mol. The topological polar surface area (TPSA) is 67.8 Å². The quantitative estimate of drug-likeness (QED) is 0.188. The van der Waals surface area contributed by atoms with Crippen molar-refractivity contribution in [2.75, 3.05) is 0 Å². The number of fused-ring (bicyclic) bond motifs is 1. The van der Waals surface area contributed by atoms with Crippen LogP contribution >= 0.6 is 11.6 Å². The van der Waals surface area contributed by atoms with E-state index in [4.69, 9.17) is 16.3 Å². The number of carbonyl (C=O) groups is 2. The van der Waals surface area contributed by atoms with Crippen LogP contribution in [0.5, 0.6) is 5.75 Å². The molecule has 0 saturated carbocycles. The van der Waals surface area contributed by atoms with E-state index in [1.807, 2.05) is 60.7 Å². The standard InChI is InChI=1S/C26H19ClN2O3/c27-23-13-7-6-12-21(23)26(31)32-24-15-14-19-10-4-5-11-20(19)22(24)17-28-29-25(30)16-18-8-2-1-3-9-18/h1-15,17H,16H2,(H,29,30). The third-order valence-electron chi connectivity index (χ3n) is 4.82. The molecule has 32 heavy (non-hydrogen) atoms. The molecule has 1 amide bonds. The van der Waals surface area contributed by atoms with E-state index in [1.54, 1.807) is 30.3 Å². The fourth-order valence-electron chi connectivity index (χ4n) is 3.27. The van der Waals surface area contributed by atoms with E-state index < -0.39 is 5.97 Å². The zero-order chi connectivity index (χ0) is 22.3. The maximum Gasteiger partial charge on any atom is 0.345 e. The fraction of sp³-hybridized carbons (Fsp3) is 0.0385. The number of rotatable bonds is 6. The van der Waals surface area contributed by atoms with Crippen molar-refractivity contribution in [3.63, 3.8) is 0 Å². The summed E-state index contributed by atoms with van der Waals surface area (Å²) in [4.78, 5) is 24.9. The highest BCUT2D eigenvalue weighted by atomic mass is 35.5. The van der Waals surface area contributed by atoms with E-state index in [0.29, 0.717) is 16.3 Å². The van der Waals surface area contributed by atoms with Crippen LogP contribution in [-0.4, -0.2) is 18.1 Å². The molecule has 0 bridgehead atoms. The molecule has 0 aliphatic heterocycles. The summed E-state index contributed by atoms with van der Waals surface area (Å²) in [5.41, 5.74) is 4.26. The van der Waals surface area contributed by atoms with E-state index in [0.717, 1.165) is 16.3 Å². The van der Waals surface area contributed by atoms with E-state index in [-0.39, 0.29) is 17.9 Å². The van der Waals surface area contributed by atoms with E-state index in [9.17, 15) is 9.59 Å². The second-order valence-electron chi connectivity index (χ2n) is 7.02. The number of benzene rings is 4. The Bertz CT molecular complexity index is 1300. The molecule has 0 radical (unpaired) electrons. The van der Waals surface area contributed by atoms with Gasteiger partial charge in [-0.15, -0.1) is 0 Å². The molecule has 0 atom stereocenters. The van der Waals surface area contributed by atoms with Gasteiger partial charge in [0.1, 0.15) is 5.75 Å². The molecule has 0 fully saturated rings. The van der Waals surface area contributed by atoms with Crippen molar-refractivity contribution in [3.05, 3.63) is 113 Å². The summed E-state index contributed by atoms with van der Waals surface area (Å²) in [5, 5.41) is 6.19. The number of hydrogen-bond acceptors (Lipinski definition) is 4. The van der Waals surface area contributed by atoms with Gasteiger partial charge in [-0.05, 0) is 34.5 Å². The lowest BCUT2D eigenvalue weighted by molar-refractivity contribution is -0.120. The molecule has 4 rings (SSSR count). The van der Waals surface area contributed by atoms with Crippen molar-refractivity contribution in [2.45, 2.75) is 6.42 Å². The summed E-state index contributed by atoms with van der Waals surface area (Å²) in [7, 11) is 0. The first-order chi connectivity index (χ1) is 15.6. The van der Waals surface area contributed by atoms with Crippen molar-refractivity contribution < 1.29 is 14.3 Å². The third-order valence-corrected chi connectivity index (χ3v) is 5.15. The van der Waals surface area contributed by atoms with Crippen LogP contribution in [0.25, 0.3) is 10.8 Å². The molecule has 0 aliphatic carbocycles. The molecule has 0 unspecified atom stereocenters. The van der Waals surface area contributed by atoms with Crippen molar-refractivity contribution in [3.8, 4) is 5.75 Å². The smallest absolute Gasteiger partial charge is 0.345 e. The molecule has 0 aliphatic rings. The van der Waals surface area contributed by atoms with Crippen molar-refractivity contribution in [1.29, 1.82) is 0 Å². The summed E-state index contributed by atoms with van der Waals surface area (Å²) in [6.45, 7) is 0. The van der Waals surface area contributed by atoms with Crippen LogP contribution in [0.15, 0.2) is 96.1 Å². The molecule has 4 aromatic rings.